The largest absolute Gasteiger partial charge is 0.497 e. The Morgan fingerprint density at radius 2 is 1.68 bits per heavy atom. The van der Waals surface area contributed by atoms with Crippen LogP contribution in [0, 0.1) is 13.8 Å². The van der Waals surface area contributed by atoms with E-state index >= 15 is 0 Å². The van der Waals surface area contributed by atoms with Gasteiger partial charge in [-0.3, -0.25) is 4.72 Å². The molecule has 2 aromatic carbocycles. The summed E-state index contributed by atoms with van der Waals surface area (Å²) in [6.07, 6.45) is 0. The predicted molar refractivity (Wildman–Crippen MR) is 86.3 cm³/mol. The molecule has 22 heavy (non-hydrogen) atoms. The predicted octanol–water partition coefficient (Wildman–Crippen LogP) is 3.12. The zero-order valence-corrected chi connectivity index (χ0v) is 13.8. The van der Waals surface area contributed by atoms with Crippen LogP contribution in [0.25, 0.3) is 0 Å². The van der Waals surface area contributed by atoms with Crippen molar-refractivity contribution in [1.82, 2.24) is 0 Å². The van der Waals surface area contributed by atoms with Gasteiger partial charge >= 0.3 is 0 Å². The highest BCUT2D eigenvalue weighted by atomic mass is 32.2. The van der Waals surface area contributed by atoms with E-state index < -0.39 is 10.0 Å². The molecule has 6 heteroatoms. The standard InChI is InChI=1S/C16H19NO4S/c1-11-5-6-12(2)16(9-11)22(18,19)17-14-10-13(20-3)7-8-15(14)21-4/h5-10,17H,1-4H3. The van der Waals surface area contributed by atoms with Crippen molar-refractivity contribution in [2.24, 2.45) is 0 Å². The van der Waals surface area contributed by atoms with Crippen LogP contribution in [0.4, 0.5) is 5.69 Å². The molecule has 0 aliphatic heterocycles. The Labute approximate surface area is 130 Å². The Morgan fingerprint density at radius 3 is 2.32 bits per heavy atom. The zero-order chi connectivity index (χ0) is 16.3. The summed E-state index contributed by atoms with van der Waals surface area (Å²) < 4.78 is 38.2. The van der Waals surface area contributed by atoms with Gasteiger partial charge in [-0.2, -0.15) is 0 Å². The second-order valence-electron chi connectivity index (χ2n) is 4.94. The fraction of sp³-hybridized carbons (Fsp3) is 0.250. The van der Waals surface area contributed by atoms with E-state index in [-0.39, 0.29) is 4.90 Å². The fourth-order valence-electron chi connectivity index (χ4n) is 2.09. The topological polar surface area (TPSA) is 64.6 Å². The molecule has 1 N–H and O–H groups in total. The van der Waals surface area contributed by atoms with Gasteiger partial charge in [-0.25, -0.2) is 8.42 Å². The first-order valence-electron chi connectivity index (χ1n) is 6.69. The summed E-state index contributed by atoms with van der Waals surface area (Å²) >= 11 is 0. The average molecular weight is 321 g/mol. The van der Waals surface area contributed by atoms with E-state index in [4.69, 9.17) is 9.47 Å². The molecular weight excluding hydrogens is 302 g/mol. The number of benzene rings is 2. The van der Waals surface area contributed by atoms with Crippen LogP contribution in [0.2, 0.25) is 0 Å². The van der Waals surface area contributed by atoms with Crippen LogP contribution < -0.4 is 14.2 Å². The first-order chi connectivity index (χ1) is 10.4. The summed E-state index contributed by atoms with van der Waals surface area (Å²) in [6, 6.07) is 10.2. The van der Waals surface area contributed by atoms with Crippen molar-refractivity contribution in [3.8, 4) is 11.5 Å². The third-order valence-electron chi connectivity index (χ3n) is 3.28. The number of hydrogen-bond acceptors (Lipinski definition) is 4. The van der Waals surface area contributed by atoms with Crippen molar-refractivity contribution in [3.05, 3.63) is 47.5 Å². The molecule has 0 saturated carbocycles. The lowest BCUT2D eigenvalue weighted by atomic mass is 10.2. The third kappa shape index (κ3) is 3.33. The van der Waals surface area contributed by atoms with Gasteiger partial charge in [0.15, 0.2) is 0 Å². The van der Waals surface area contributed by atoms with Crippen molar-refractivity contribution in [1.29, 1.82) is 0 Å². The number of ether oxygens (including phenoxy) is 2. The Bertz CT molecular complexity index is 785. The SMILES string of the molecule is COc1ccc(OC)c(NS(=O)(=O)c2cc(C)ccc2C)c1. The van der Waals surface area contributed by atoms with E-state index in [2.05, 4.69) is 4.72 Å². The molecule has 0 fully saturated rings. The monoisotopic (exact) mass is 321 g/mol. The van der Waals surface area contributed by atoms with Crippen molar-refractivity contribution in [2.75, 3.05) is 18.9 Å². The second kappa shape index (κ2) is 6.27. The maximum absolute atomic E-state index is 12.6. The number of aryl methyl sites for hydroxylation is 2. The molecule has 0 heterocycles. The maximum atomic E-state index is 12.6. The summed E-state index contributed by atoms with van der Waals surface area (Å²) in [7, 11) is -0.707. The van der Waals surface area contributed by atoms with E-state index in [0.717, 1.165) is 5.56 Å². The third-order valence-corrected chi connectivity index (χ3v) is 4.79. The van der Waals surface area contributed by atoms with Gasteiger partial charge in [0.05, 0.1) is 24.8 Å². The van der Waals surface area contributed by atoms with Crippen molar-refractivity contribution in [2.45, 2.75) is 18.7 Å². The molecule has 0 aliphatic carbocycles. The summed E-state index contributed by atoms with van der Waals surface area (Å²) in [5.74, 6) is 0.967. The maximum Gasteiger partial charge on any atom is 0.262 e. The minimum absolute atomic E-state index is 0.248. The van der Waals surface area contributed by atoms with Crippen LogP contribution in [0.3, 0.4) is 0 Å². The van der Waals surface area contributed by atoms with E-state index in [1.807, 2.05) is 13.0 Å². The molecule has 0 unspecified atom stereocenters. The highest BCUT2D eigenvalue weighted by Gasteiger charge is 2.19. The molecule has 0 spiro atoms. The first-order valence-corrected chi connectivity index (χ1v) is 8.18. The van der Waals surface area contributed by atoms with Gasteiger partial charge in [0, 0.05) is 6.07 Å². The Morgan fingerprint density at radius 1 is 0.955 bits per heavy atom. The molecule has 0 atom stereocenters. The van der Waals surface area contributed by atoms with Crippen LogP contribution in [0.5, 0.6) is 11.5 Å². The van der Waals surface area contributed by atoms with E-state index in [1.165, 1.54) is 14.2 Å². The quantitative estimate of drug-likeness (QED) is 0.919. The molecule has 5 nitrogen and oxygen atoms in total. The number of hydrogen-bond donors (Lipinski definition) is 1. The van der Waals surface area contributed by atoms with Crippen LogP contribution >= 0.6 is 0 Å². The van der Waals surface area contributed by atoms with Crippen LogP contribution in [0.15, 0.2) is 41.3 Å². The van der Waals surface area contributed by atoms with Crippen LogP contribution in [-0.2, 0) is 10.0 Å². The fourth-order valence-corrected chi connectivity index (χ4v) is 3.48. The van der Waals surface area contributed by atoms with Gasteiger partial charge in [-0.15, -0.1) is 0 Å². The number of sulfonamides is 1. The minimum atomic E-state index is -3.71. The van der Waals surface area contributed by atoms with Gasteiger partial charge in [-0.05, 0) is 43.2 Å². The molecule has 0 saturated heterocycles. The number of methoxy groups -OCH3 is 2. The lowest BCUT2D eigenvalue weighted by Gasteiger charge is -2.14. The average Bonchev–Trinajstić information content (AvgIpc) is 2.49. The molecule has 0 bridgehead atoms. The van der Waals surface area contributed by atoms with Crippen molar-refractivity contribution >= 4 is 15.7 Å². The van der Waals surface area contributed by atoms with E-state index in [1.54, 1.807) is 37.3 Å². The van der Waals surface area contributed by atoms with E-state index in [9.17, 15) is 8.42 Å². The van der Waals surface area contributed by atoms with Crippen LogP contribution in [0.1, 0.15) is 11.1 Å². The van der Waals surface area contributed by atoms with Gasteiger partial charge in [0.2, 0.25) is 0 Å². The summed E-state index contributed by atoms with van der Waals surface area (Å²) in [4.78, 5) is 0.248. The van der Waals surface area contributed by atoms with Crippen molar-refractivity contribution in [3.63, 3.8) is 0 Å². The van der Waals surface area contributed by atoms with Crippen LogP contribution in [-0.4, -0.2) is 22.6 Å². The molecule has 2 aromatic rings. The number of anilines is 1. The molecular formula is C16H19NO4S. The molecule has 0 amide bonds. The molecule has 118 valence electrons. The van der Waals surface area contributed by atoms with Gasteiger partial charge in [-0.1, -0.05) is 12.1 Å². The number of rotatable bonds is 5. The number of nitrogens with one attached hydrogen (secondary N) is 1. The molecule has 0 aliphatic rings. The minimum Gasteiger partial charge on any atom is -0.497 e. The van der Waals surface area contributed by atoms with Gasteiger partial charge < -0.3 is 9.47 Å². The lowest BCUT2D eigenvalue weighted by molar-refractivity contribution is 0.405. The Balaban J connectivity index is 2.46. The van der Waals surface area contributed by atoms with Gasteiger partial charge in [0.1, 0.15) is 11.5 Å². The Kier molecular flexibility index (Phi) is 4.61. The highest BCUT2D eigenvalue weighted by molar-refractivity contribution is 7.92. The second-order valence-corrected chi connectivity index (χ2v) is 6.59. The molecule has 0 radical (unpaired) electrons. The van der Waals surface area contributed by atoms with Crippen molar-refractivity contribution < 1.29 is 17.9 Å². The highest BCUT2D eigenvalue weighted by Crippen LogP contribution is 2.31. The van der Waals surface area contributed by atoms with Gasteiger partial charge in [0.25, 0.3) is 10.0 Å². The van der Waals surface area contributed by atoms with E-state index in [0.29, 0.717) is 22.7 Å². The first kappa shape index (κ1) is 16.2. The summed E-state index contributed by atoms with van der Waals surface area (Å²) in [5.41, 5.74) is 1.89. The lowest BCUT2D eigenvalue weighted by Crippen LogP contribution is -2.15. The normalized spacial score (nSPS) is 11.1. The Hall–Kier alpha value is -2.21. The summed E-state index contributed by atoms with van der Waals surface area (Å²) in [5, 5.41) is 0. The molecule has 2 rings (SSSR count). The summed E-state index contributed by atoms with van der Waals surface area (Å²) in [6.45, 7) is 3.61. The molecule has 0 aromatic heterocycles. The zero-order valence-electron chi connectivity index (χ0n) is 13.0. The smallest absolute Gasteiger partial charge is 0.262 e.